The van der Waals surface area contributed by atoms with Crippen molar-refractivity contribution < 1.29 is 66.5 Å². The van der Waals surface area contributed by atoms with Crippen molar-refractivity contribution in [2.24, 2.45) is 5.73 Å². The average molecular weight is 538 g/mol. The number of phosphoric acid groups is 3. The van der Waals surface area contributed by atoms with Crippen LogP contribution in [0.15, 0.2) is 16.9 Å². The van der Waals surface area contributed by atoms with Crippen LogP contribution in [0.25, 0.3) is 6.08 Å². The Morgan fingerprint density at radius 2 is 1.73 bits per heavy atom. The highest BCUT2D eigenvalue weighted by Gasteiger charge is 2.47. The van der Waals surface area contributed by atoms with Crippen LogP contribution in [0.5, 0.6) is 5.88 Å². The third-order valence-electron chi connectivity index (χ3n) is 4.00. The Balaban J connectivity index is 2.14. The van der Waals surface area contributed by atoms with Crippen LogP contribution in [0.1, 0.15) is 17.2 Å². The van der Waals surface area contributed by atoms with E-state index in [9.17, 15) is 38.7 Å². The predicted octanol–water partition coefficient (Wildman–Crippen LogP) is -1.44. The van der Waals surface area contributed by atoms with Crippen LogP contribution >= 0.6 is 23.5 Å². The fourth-order valence-electron chi connectivity index (χ4n) is 2.70. The van der Waals surface area contributed by atoms with Crippen LogP contribution in [-0.4, -0.2) is 71.3 Å². The molecule has 0 aliphatic carbocycles. The summed E-state index contributed by atoms with van der Waals surface area (Å²) in [6.45, 7) is -0.942. The summed E-state index contributed by atoms with van der Waals surface area (Å²) in [6.07, 6.45) is -3.79. The average Bonchev–Trinajstić information content (AvgIpc) is 2.91. The number of aliphatic hydroxyl groups is 2. The topological polar surface area (TPSA) is 289 Å². The third kappa shape index (κ3) is 7.89. The van der Waals surface area contributed by atoms with Gasteiger partial charge in [0, 0.05) is 17.7 Å². The number of rotatable bonds is 10. The molecule has 0 bridgehead atoms. The van der Waals surface area contributed by atoms with Gasteiger partial charge in [-0.1, -0.05) is 12.2 Å². The SMILES string of the molecule is NC/C=C/c1cc([C@@H]2O[C@H](COP(=O)(O)OP(=O)(O)OP(=O)(O)O)[C@H](O)C2O)c(O)[nH]c1=O. The maximum atomic E-state index is 11.9. The highest BCUT2D eigenvalue weighted by atomic mass is 31.3. The molecule has 10 N–H and O–H groups in total. The molecule has 1 aromatic heterocycles. The highest BCUT2D eigenvalue weighted by Crippen LogP contribution is 2.66. The van der Waals surface area contributed by atoms with Gasteiger partial charge in [-0.05, 0) is 6.07 Å². The van der Waals surface area contributed by atoms with Gasteiger partial charge in [-0.15, -0.1) is 0 Å². The van der Waals surface area contributed by atoms with Crippen molar-refractivity contribution in [1.82, 2.24) is 4.98 Å². The summed E-state index contributed by atoms with van der Waals surface area (Å²) in [4.78, 5) is 49.6. The van der Waals surface area contributed by atoms with Crippen LogP contribution in [0.3, 0.4) is 0 Å². The van der Waals surface area contributed by atoms with E-state index in [1.807, 2.05) is 0 Å². The first kappa shape index (κ1) is 28.0. The second kappa shape index (κ2) is 10.6. The number of pyridine rings is 1. The molecule has 188 valence electrons. The molecule has 1 aromatic rings. The molecule has 6 atom stereocenters. The summed E-state index contributed by atoms with van der Waals surface area (Å²) in [5, 5.41) is 30.4. The minimum absolute atomic E-state index is 0.0234. The number of aliphatic hydroxyl groups excluding tert-OH is 2. The molecule has 2 rings (SSSR count). The Morgan fingerprint density at radius 3 is 2.30 bits per heavy atom. The first-order chi connectivity index (χ1) is 15.1. The van der Waals surface area contributed by atoms with E-state index in [1.54, 1.807) is 0 Å². The lowest BCUT2D eigenvalue weighted by atomic mass is 10.0. The van der Waals surface area contributed by atoms with Gasteiger partial charge < -0.3 is 45.4 Å². The molecule has 1 fully saturated rings. The zero-order valence-electron chi connectivity index (χ0n) is 16.3. The molecule has 20 heteroatoms. The highest BCUT2D eigenvalue weighted by molar-refractivity contribution is 7.66. The summed E-state index contributed by atoms with van der Waals surface area (Å²) < 4.78 is 50.5. The van der Waals surface area contributed by atoms with Gasteiger partial charge in [0.1, 0.15) is 24.4 Å². The Kier molecular flexibility index (Phi) is 8.95. The number of hydrogen-bond acceptors (Lipinski definition) is 12. The van der Waals surface area contributed by atoms with Crippen molar-refractivity contribution >= 4 is 29.5 Å². The van der Waals surface area contributed by atoms with E-state index < -0.39 is 65.9 Å². The number of hydrogen-bond donors (Lipinski definition) is 9. The van der Waals surface area contributed by atoms with Crippen LogP contribution in [0.2, 0.25) is 0 Å². The number of nitrogens with one attached hydrogen (secondary N) is 1. The Labute approximate surface area is 184 Å². The molecule has 0 saturated carbocycles. The number of ether oxygens (including phenoxy) is 1. The smallest absolute Gasteiger partial charge is 0.490 e. The van der Waals surface area contributed by atoms with Crippen molar-refractivity contribution in [3.05, 3.63) is 33.6 Å². The van der Waals surface area contributed by atoms with Gasteiger partial charge in [-0.2, -0.15) is 8.62 Å². The molecule has 1 aliphatic rings. The summed E-state index contributed by atoms with van der Waals surface area (Å²) in [7, 11) is -16.8. The minimum atomic E-state index is -5.75. The van der Waals surface area contributed by atoms with E-state index >= 15 is 0 Å². The van der Waals surface area contributed by atoms with Gasteiger partial charge in [-0.25, -0.2) is 13.7 Å². The van der Waals surface area contributed by atoms with E-state index in [1.165, 1.54) is 12.2 Å². The van der Waals surface area contributed by atoms with Gasteiger partial charge in [0.2, 0.25) is 0 Å². The Morgan fingerprint density at radius 1 is 1.09 bits per heavy atom. The van der Waals surface area contributed by atoms with Gasteiger partial charge in [0.15, 0.2) is 5.88 Å². The van der Waals surface area contributed by atoms with Crippen LogP contribution < -0.4 is 11.3 Å². The fourth-order valence-corrected chi connectivity index (χ4v) is 5.73. The van der Waals surface area contributed by atoms with Crippen molar-refractivity contribution in [3.63, 3.8) is 0 Å². The molecule has 1 saturated heterocycles. The summed E-state index contributed by atoms with van der Waals surface area (Å²) in [5.74, 6) is -0.699. The second-order valence-corrected chi connectivity index (χ2v) is 10.9. The molecular formula is C13H21N2O15P3. The molecular weight excluding hydrogens is 517 g/mol. The zero-order chi connectivity index (χ0) is 25.2. The van der Waals surface area contributed by atoms with E-state index in [0.29, 0.717) is 0 Å². The monoisotopic (exact) mass is 538 g/mol. The van der Waals surface area contributed by atoms with Crippen molar-refractivity contribution in [2.45, 2.75) is 24.4 Å². The van der Waals surface area contributed by atoms with Gasteiger partial charge in [0.05, 0.1) is 6.61 Å². The van der Waals surface area contributed by atoms with Crippen molar-refractivity contribution in [1.29, 1.82) is 0 Å². The molecule has 0 spiro atoms. The van der Waals surface area contributed by atoms with Crippen LogP contribution in [0, 0.1) is 0 Å². The minimum Gasteiger partial charge on any atom is -0.494 e. The second-order valence-electron chi connectivity index (χ2n) is 6.46. The van der Waals surface area contributed by atoms with Gasteiger partial charge in [0.25, 0.3) is 5.56 Å². The molecule has 0 radical (unpaired) electrons. The van der Waals surface area contributed by atoms with E-state index in [4.69, 9.17) is 25.2 Å². The quantitative estimate of drug-likeness (QED) is 0.154. The van der Waals surface area contributed by atoms with Crippen molar-refractivity contribution in [3.8, 4) is 5.88 Å². The summed E-state index contributed by atoms with van der Waals surface area (Å²) >= 11 is 0. The molecule has 1 aliphatic heterocycles. The number of phosphoric ester groups is 1. The lowest BCUT2D eigenvalue weighted by Gasteiger charge is -2.19. The first-order valence-electron chi connectivity index (χ1n) is 8.68. The standard InChI is InChI=1S/C13H21N2O15P3/c14-3-1-2-6-4-7(13(19)15-12(6)18)11-10(17)9(16)8(28-11)5-27-32(23,24)30-33(25,26)29-31(20,21)22/h1-2,4,8-11,16-17H,3,5,14H2,(H,23,24)(H,25,26)(H2,15,18,19)(H2,20,21,22)/b2-1+/t8-,9+,10?,11+/m1/s1. The van der Waals surface area contributed by atoms with Crippen LogP contribution in [-0.2, 0) is 31.6 Å². The molecule has 17 nitrogen and oxygen atoms in total. The maximum Gasteiger partial charge on any atom is 0.490 e. The van der Waals surface area contributed by atoms with E-state index in [0.717, 1.165) is 6.07 Å². The Bertz CT molecular complexity index is 1080. The van der Waals surface area contributed by atoms with Gasteiger partial charge >= 0.3 is 23.5 Å². The summed E-state index contributed by atoms with van der Waals surface area (Å²) in [6, 6.07) is 1.14. The molecule has 3 unspecified atom stereocenters. The molecule has 0 amide bonds. The lowest BCUT2D eigenvalue weighted by molar-refractivity contribution is -0.0229. The van der Waals surface area contributed by atoms with E-state index in [-0.39, 0.29) is 17.7 Å². The predicted molar refractivity (Wildman–Crippen MR) is 106 cm³/mol. The van der Waals surface area contributed by atoms with Crippen molar-refractivity contribution in [2.75, 3.05) is 13.2 Å². The summed E-state index contributed by atoms with van der Waals surface area (Å²) in [5.41, 5.74) is 4.48. The molecule has 33 heavy (non-hydrogen) atoms. The number of H-pyrrole nitrogens is 1. The first-order valence-corrected chi connectivity index (χ1v) is 13.2. The third-order valence-corrected chi connectivity index (χ3v) is 7.80. The maximum absolute atomic E-state index is 11.9. The fraction of sp³-hybridized carbons (Fsp3) is 0.462. The van der Waals surface area contributed by atoms with Crippen LogP contribution in [0.4, 0.5) is 0 Å². The number of nitrogens with two attached hydrogens (primary N) is 1. The number of aromatic amines is 1. The van der Waals surface area contributed by atoms with E-state index in [2.05, 4.69) is 18.1 Å². The van der Waals surface area contributed by atoms with Gasteiger partial charge in [-0.3, -0.25) is 14.3 Å². The lowest BCUT2D eigenvalue weighted by Crippen LogP contribution is -2.33. The number of aromatic hydroxyl groups is 1. The number of aromatic nitrogens is 1. The largest absolute Gasteiger partial charge is 0.494 e. The zero-order valence-corrected chi connectivity index (χ0v) is 19.0. The molecule has 2 heterocycles. The molecule has 0 aromatic carbocycles. The Hall–Kier alpha value is -1.26. The normalized spacial score (nSPS) is 27.5.